The quantitative estimate of drug-likeness (QED) is 0.680. The number of fused-ring (bicyclic) bond motifs is 1. The fourth-order valence-electron chi connectivity index (χ4n) is 2.34. The summed E-state index contributed by atoms with van der Waals surface area (Å²) in [7, 11) is 0. The molecule has 1 aromatic carbocycles. The molecule has 1 heterocycles. The second-order valence-electron chi connectivity index (χ2n) is 4.85. The van der Waals surface area contributed by atoms with Gasteiger partial charge in [0.1, 0.15) is 17.2 Å². The summed E-state index contributed by atoms with van der Waals surface area (Å²) in [5.74, 6) is 0.990. The lowest BCUT2D eigenvalue weighted by Gasteiger charge is -2.37. The Balaban J connectivity index is 2.44. The third-order valence-corrected chi connectivity index (χ3v) is 3.03. The van der Waals surface area contributed by atoms with Crippen molar-refractivity contribution < 1.29 is 9.13 Å². The molecule has 1 atom stereocenters. The first-order valence-corrected chi connectivity index (χ1v) is 5.50. The van der Waals surface area contributed by atoms with E-state index in [0.717, 1.165) is 24.2 Å². The van der Waals surface area contributed by atoms with Crippen LogP contribution in [-0.2, 0) is 0 Å². The summed E-state index contributed by atoms with van der Waals surface area (Å²) in [6.07, 6.45) is 2.08. The summed E-state index contributed by atoms with van der Waals surface area (Å²) < 4.78 is 18.9. The number of halogens is 1. The molecule has 0 fully saturated rings. The highest BCUT2D eigenvalue weighted by atomic mass is 19.1. The standard InChI is InChI=1S/C13H17FO/c1-4-9-8-13(2,3)15-12-7-10(14)5-6-11(9)12/h5-7,9H,4,8H2,1-3H3. The monoisotopic (exact) mass is 208 g/mol. The van der Waals surface area contributed by atoms with E-state index in [9.17, 15) is 4.39 Å². The molecule has 1 aromatic rings. The molecule has 0 amide bonds. The van der Waals surface area contributed by atoms with Crippen LogP contribution in [0.4, 0.5) is 4.39 Å². The van der Waals surface area contributed by atoms with E-state index in [1.807, 2.05) is 6.07 Å². The van der Waals surface area contributed by atoms with Gasteiger partial charge in [0.15, 0.2) is 0 Å². The van der Waals surface area contributed by atoms with Gasteiger partial charge in [0.05, 0.1) is 0 Å². The maximum Gasteiger partial charge on any atom is 0.126 e. The summed E-state index contributed by atoms with van der Waals surface area (Å²) in [5, 5.41) is 0. The Labute approximate surface area is 90.3 Å². The zero-order valence-electron chi connectivity index (χ0n) is 9.51. The van der Waals surface area contributed by atoms with Crippen molar-refractivity contribution in [2.24, 2.45) is 0 Å². The van der Waals surface area contributed by atoms with Crippen LogP contribution >= 0.6 is 0 Å². The molecule has 1 nitrogen and oxygen atoms in total. The van der Waals surface area contributed by atoms with Gasteiger partial charge in [0.25, 0.3) is 0 Å². The van der Waals surface area contributed by atoms with Gasteiger partial charge >= 0.3 is 0 Å². The Morgan fingerprint density at radius 1 is 1.47 bits per heavy atom. The molecule has 1 aliphatic rings. The van der Waals surface area contributed by atoms with Crippen LogP contribution in [0.5, 0.6) is 5.75 Å². The Morgan fingerprint density at radius 2 is 2.20 bits per heavy atom. The lowest BCUT2D eigenvalue weighted by molar-refractivity contribution is 0.0708. The number of benzene rings is 1. The third-order valence-electron chi connectivity index (χ3n) is 3.03. The van der Waals surface area contributed by atoms with E-state index in [1.165, 1.54) is 12.1 Å². The highest BCUT2D eigenvalue weighted by Crippen LogP contribution is 2.42. The molecule has 2 rings (SSSR count). The molecular formula is C13H17FO. The van der Waals surface area contributed by atoms with Gasteiger partial charge in [-0.3, -0.25) is 0 Å². The summed E-state index contributed by atoms with van der Waals surface area (Å²) in [4.78, 5) is 0. The first kappa shape index (κ1) is 10.5. The first-order valence-electron chi connectivity index (χ1n) is 5.50. The van der Waals surface area contributed by atoms with Gasteiger partial charge in [0.2, 0.25) is 0 Å². The molecule has 0 aromatic heterocycles. The smallest absolute Gasteiger partial charge is 0.126 e. The molecule has 15 heavy (non-hydrogen) atoms. The van der Waals surface area contributed by atoms with Crippen LogP contribution in [-0.4, -0.2) is 5.60 Å². The van der Waals surface area contributed by atoms with Crippen molar-refractivity contribution in [1.29, 1.82) is 0 Å². The molecular weight excluding hydrogens is 191 g/mol. The predicted octanol–water partition coefficient (Wildman–Crippen LogP) is 3.88. The molecule has 2 heteroatoms. The van der Waals surface area contributed by atoms with Crippen LogP contribution in [0.25, 0.3) is 0 Å². The Hall–Kier alpha value is -1.05. The van der Waals surface area contributed by atoms with Crippen LogP contribution < -0.4 is 4.74 Å². The van der Waals surface area contributed by atoms with E-state index in [-0.39, 0.29) is 11.4 Å². The van der Waals surface area contributed by atoms with Gasteiger partial charge in [-0.1, -0.05) is 13.0 Å². The predicted molar refractivity (Wildman–Crippen MR) is 58.8 cm³/mol. The van der Waals surface area contributed by atoms with Gasteiger partial charge in [-0.2, -0.15) is 0 Å². The second kappa shape index (κ2) is 3.51. The van der Waals surface area contributed by atoms with E-state index in [0.29, 0.717) is 5.92 Å². The zero-order chi connectivity index (χ0) is 11.1. The van der Waals surface area contributed by atoms with Crippen LogP contribution in [0.1, 0.15) is 45.1 Å². The largest absolute Gasteiger partial charge is 0.487 e. The van der Waals surface area contributed by atoms with Gasteiger partial charge < -0.3 is 4.74 Å². The molecule has 0 aliphatic carbocycles. The lowest BCUT2D eigenvalue weighted by atomic mass is 9.83. The minimum absolute atomic E-state index is 0.179. The molecule has 0 saturated carbocycles. The maximum absolute atomic E-state index is 13.1. The van der Waals surface area contributed by atoms with Crippen molar-refractivity contribution in [2.75, 3.05) is 0 Å². The summed E-state index contributed by atoms with van der Waals surface area (Å²) >= 11 is 0. The molecule has 0 saturated heterocycles. The summed E-state index contributed by atoms with van der Waals surface area (Å²) in [5.41, 5.74) is 0.972. The molecule has 82 valence electrons. The van der Waals surface area contributed by atoms with E-state index in [2.05, 4.69) is 20.8 Å². The maximum atomic E-state index is 13.1. The lowest BCUT2D eigenvalue weighted by Crippen LogP contribution is -2.34. The zero-order valence-corrected chi connectivity index (χ0v) is 9.51. The van der Waals surface area contributed by atoms with Crippen molar-refractivity contribution in [3.05, 3.63) is 29.6 Å². The number of hydrogen-bond acceptors (Lipinski definition) is 1. The topological polar surface area (TPSA) is 9.23 Å². The summed E-state index contributed by atoms with van der Waals surface area (Å²) in [6.45, 7) is 6.28. The number of hydrogen-bond donors (Lipinski definition) is 0. The number of rotatable bonds is 1. The highest BCUT2D eigenvalue weighted by molar-refractivity contribution is 5.39. The van der Waals surface area contributed by atoms with E-state index in [1.54, 1.807) is 0 Å². The molecule has 0 radical (unpaired) electrons. The van der Waals surface area contributed by atoms with Crippen molar-refractivity contribution in [2.45, 2.75) is 45.1 Å². The first-order chi connectivity index (χ1) is 7.02. The second-order valence-corrected chi connectivity index (χ2v) is 4.85. The Kier molecular flexibility index (Phi) is 2.45. The van der Waals surface area contributed by atoms with Gasteiger partial charge in [-0.15, -0.1) is 0 Å². The van der Waals surface area contributed by atoms with Crippen LogP contribution in [0, 0.1) is 5.82 Å². The van der Waals surface area contributed by atoms with Gasteiger partial charge in [0, 0.05) is 6.07 Å². The minimum Gasteiger partial charge on any atom is -0.487 e. The molecule has 1 aliphatic heterocycles. The average Bonchev–Trinajstić information content (AvgIpc) is 2.14. The molecule has 0 bridgehead atoms. The van der Waals surface area contributed by atoms with Crippen molar-refractivity contribution in [3.63, 3.8) is 0 Å². The van der Waals surface area contributed by atoms with E-state index < -0.39 is 0 Å². The average molecular weight is 208 g/mol. The van der Waals surface area contributed by atoms with E-state index in [4.69, 9.17) is 4.74 Å². The fourth-order valence-corrected chi connectivity index (χ4v) is 2.34. The van der Waals surface area contributed by atoms with Crippen LogP contribution in [0.15, 0.2) is 18.2 Å². The van der Waals surface area contributed by atoms with Crippen molar-refractivity contribution in [3.8, 4) is 5.75 Å². The SMILES string of the molecule is CCC1CC(C)(C)Oc2cc(F)ccc21. The van der Waals surface area contributed by atoms with Crippen LogP contribution in [0.3, 0.4) is 0 Å². The van der Waals surface area contributed by atoms with Crippen molar-refractivity contribution in [1.82, 2.24) is 0 Å². The van der Waals surface area contributed by atoms with Gasteiger partial charge in [-0.25, -0.2) is 4.39 Å². The van der Waals surface area contributed by atoms with Crippen molar-refractivity contribution >= 4 is 0 Å². The minimum atomic E-state index is -0.221. The molecule has 0 N–H and O–H groups in total. The molecule has 1 unspecified atom stereocenters. The number of ether oxygens (including phenoxy) is 1. The Bertz CT molecular complexity index is 371. The third kappa shape index (κ3) is 1.99. The van der Waals surface area contributed by atoms with Gasteiger partial charge in [-0.05, 0) is 44.2 Å². The Morgan fingerprint density at radius 3 is 2.87 bits per heavy atom. The molecule has 0 spiro atoms. The van der Waals surface area contributed by atoms with E-state index >= 15 is 0 Å². The highest BCUT2D eigenvalue weighted by Gasteiger charge is 2.32. The normalized spacial score (nSPS) is 23.1. The van der Waals surface area contributed by atoms with Crippen LogP contribution in [0.2, 0.25) is 0 Å². The fraction of sp³-hybridized carbons (Fsp3) is 0.538. The summed E-state index contributed by atoms with van der Waals surface area (Å²) in [6, 6.07) is 4.87.